The topological polar surface area (TPSA) is 85.4 Å². The van der Waals surface area contributed by atoms with Crippen LogP contribution in [-0.4, -0.2) is 60.5 Å². The maximum Gasteiger partial charge on any atom is 0.333 e. The van der Waals surface area contributed by atoms with Crippen LogP contribution in [0.4, 0.5) is 20.4 Å². The molecule has 172 valence electrons. The number of hydrogen-bond donors (Lipinski definition) is 1. The molecule has 0 radical (unpaired) electrons. The zero-order chi connectivity index (χ0) is 23.1. The zero-order valence-corrected chi connectivity index (χ0v) is 18.5. The van der Waals surface area contributed by atoms with Gasteiger partial charge in [0.1, 0.15) is 23.9 Å². The second-order valence-corrected chi connectivity index (χ2v) is 8.19. The third-order valence-corrected chi connectivity index (χ3v) is 5.78. The molecule has 4 aromatic heterocycles. The van der Waals surface area contributed by atoms with Crippen molar-refractivity contribution < 1.29 is 13.5 Å². The normalized spacial score (nSPS) is 16.4. The first-order chi connectivity index (χ1) is 15.9. The average Bonchev–Trinajstić information content (AvgIpc) is 3.35. The summed E-state index contributed by atoms with van der Waals surface area (Å²) >= 11 is 0. The Morgan fingerprint density at radius 3 is 2.73 bits per heavy atom. The largest absolute Gasteiger partial charge is 0.488 e. The van der Waals surface area contributed by atoms with Crippen LogP contribution in [0.5, 0.6) is 5.75 Å². The molecule has 0 saturated carbocycles. The molecule has 1 aliphatic heterocycles. The van der Waals surface area contributed by atoms with E-state index < -0.39 is 6.55 Å². The van der Waals surface area contributed by atoms with Gasteiger partial charge in [-0.1, -0.05) is 0 Å². The van der Waals surface area contributed by atoms with Gasteiger partial charge in [-0.3, -0.25) is 4.90 Å². The van der Waals surface area contributed by atoms with E-state index in [9.17, 15) is 8.78 Å². The standard InChI is InChI=1S/C22H24F2N8O/c1-13-8-19(27-14(2)26-13)28-20-10-17-9-15(4-7-31(17)29-20)21-18(11-25-32(21)22(23)24)33-12-16-5-6-30(16)3/h4,7-11,16,22H,5-6,12H2,1-3H3,(H,26,27,28,29)/t16-/m1/s1. The molecule has 4 aromatic rings. The van der Waals surface area contributed by atoms with Crippen LogP contribution in [0.2, 0.25) is 0 Å². The summed E-state index contributed by atoms with van der Waals surface area (Å²) in [6.07, 6.45) is 4.10. The number of likely N-dealkylation sites (N-methyl/N-ethyl adjacent to an activating group) is 1. The molecule has 9 nitrogen and oxygen atoms in total. The Morgan fingerprint density at radius 1 is 1.18 bits per heavy atom. The third kappa shape index (κ3) is 4.23. The molecule has 5 heterocycles. The predicted octanol–water partition coefficient (Wildman–Crippen LogP) is 3.83. The van der Waals surface area contributed by atoms with Crippen LogP contribution in [0.1, 0.15) is 24.5 Å². The number of fused-ring (bicyclic) bond motifs is 1. The minimum Gasteiger partial charge on any atom is -0.488 e. The maximum atomic E-state index is 13.7. The highest BCUT2D eigenvalue weighted by molar-refractivity contribution is 5.73. The Balaban J connectivity index is 1.45. The van der Waals surface area contributed by atoms with Gasteiger partial charge in [0.25, 0.3) is 0 Å². The van der Waals surface area contributed by atoms with Crippen molar-refractivity contribution in [2.45, 2.75) is 32.9 Å². The first-order valence-electron chi connectivity index (χ1n) is 10.6. The summed E-state index contributed by atoms with van der Waals surface area (Å²) in [5.41, 5.74) is 2.38. The Labute approximate surface area is 189 Å². The van der Waals surface area contributed by atoms with E-state index in [1.165, 1.54) is 6.20 Å². The van der Waals surface area contributed by atoms with Gasteiger partial charge < -0.3 is 10.1 Å². The van der Waals surface area contributed by atoms with E-state index >= 15 is 0 Å². The lowest BCUT2D eigenvalue weighted by molar-refractivity contribution is 0.0576. The highest BCUT2D eigenvalue weighted by Gasteiger charge is 2.26. The molecule has 0 amide bonds. The number of alkyl halides is 2. The van der Waals surface area contributed by atoms with Gasteiger partial charge in [0.15, 0.2) is 11.6 Å². The lowest BCUT2D eigenvalue weighted by atomic mass is 10.1. The number of nitrogens with one attached hydrogen (secondary N) is 1. The van der Waals surface area contributed by atoms with Gasteiger partial charge in [-0.2, -0.15) is 23.7 Å². The van der Waals surface area contributed by atoms with Crippen molar-refractivity contribution in [2.24, 2.45) is 0 Å². The Hall–Kier alpha value is -3.60. The van der Waals surface area contributed by atoms with E-state index in [1.54, 1.807) is 22.8 Å². The summed E-state index contributed by atoms with van der Waals surface area (Å²) < 4.78 is 35.6. The molecule has 1 saturated heterocycles. The number of hydrogen-bond acceptors (Lipinski definition) is 7. The lowest BCUT2D eigenvalue weighted by Crippen LogP contribution is -2.48. The lowest BCUT2D eigenvalue weighted by Gasteiger charge is -2.37. The number of aromatic nitrogens is 6. The van der Waals surface area contributed by atoms with Crippen LogP contribution in [0.15, 0.2) is 36.7 Å². The number of anilines is 2. The highest BCUT2D eigenvalue weighted by Crippen LogP contribution is 2.34. The van der Waals surface area contributed by atoms with Crippen LogP contribution >= 0.6 is 0 Å². The van der Waals surface area contributed by atoms with E-state index in [-0.39, 0.29) is 11.7 Å². The molecule has 5 rings (SSSR count). The first-order valence-corrected chi connectivity index (χ1v) is 10.6. The monoisotopic (exact) mass is 454 g/mol. The van der Waals surface area contributed by atoms with Crippen molar-refractivity contribution in [3.05, 3.63) is 48.2 Å². The smallest absolute Gasteiger partial charge is 0.333 e. The molecular formula is C22H24F2N8O. The van der Waals surface area contributed by atoms with Gasteiger partial charge in [-0.05, 0) is 46.0 Å². The second kappa shape index (κ2) is 8.39. The van der Waals surface area contributed by atoms with Crippen molar-refractivity contribution in [2.75, 3.05) is 25.5 Å². The summed E-state index contributed by atoms with van der Waals surface area (Å²) in [6.45, 7) is 2.37. The van der Waals surface area contributed by atoms with Crippen molar-refractivity contribution in [3.63, 3.8) is 0 Å². The third-order valence-electron chi connectivity index (χ3n) is 5.78. The fourth-order valence-corrected chi connectivity index (χ4v) is 3.96. The molecule has 1 N–H and O–H groups in total. The van der Waals surface area contributed by atoms with Crippen LogP contribution in [0.25, 0.3) is 16.8 Å². The fraction of sp³-hybridized carbons (Fsp3) is 0.364. The van der Waals surface area contributed by atoms with Gasteiger partial charge in [0, 0.05) is 35.6 Å². The van der Waals surface area contributed by atoms with Gasteiger partial charge in [0.2, 0.25) is 0 Å². The first kappa shape index (κ1) is 21.3. The average molecular weight is 454 g/mol. The van der Waals surface area contributed by atoms with Crippen molar-refractivity contribution in [1.29, 1.82) is 0 Å². The van der Waals surface area contributed by atoms with Crippen molar-refractivity contribution in [3.8, 4) is 17.0 Å². The summed E-state index contributed by atoms with van der Waals surface area (Å²) in [7, 11) is 2.02. The van der Waals surface area contributed by atoms with Crippen LogP contribution < -0.4 is 10.1 Å². The highest BCUT2D eigenvalue weighted by atomic mass is 19.3. The molecule has 1 aliphatic rings. The van der Waals surface area contributed by atoms with Gasteiger partial charge in [-0.15, -0.1) is 0 Å². The number of likely N-dealkylation sites (tertiary alicyclic amines) is 1. The second-order valence-electron chi connectivity index (χ2n) is 8.19. The molecule has 1 fully saturated rings. The van der Waals surface area contributed by atoms with Crippen molar-refractivity contribution >= 4 is 17.2 Å². The zero-order valence-electron chi connectivity index (χ0n) is 18.5. The maximum absolute atomic E-state index is 13.7. The minimum atomic E-state index is -2.79. The van der Waals surface area contributed by atoms with Crippen molar-refractivity contribution in [1.82, 2.24) is 34.3 Å². The molecule has 11 heteroatoms. The van der Waals surface area contributed by atoms with E-state index in [4.69, 9.17) is 4.74 Å². The summed E-state index contributed by atoms with van der Waals surface area (Å²) in [5.74, 6) is 2.21. The molecule has 1 atom stereocenters. The van der Waals surface area contributed by atoms with Crippen LogP contribution in [0.3, 0.4) is 0 Å². The summed E-state index contributed by atoms with van der Waals surface area (Å²) in [5, 5.41) is 11.5. The number of halogens is 2. The molecular weight excluding hydrogens is 430 g/mol. The van der Waals surface area contributed by atoms with E-state index in [0.29, 0.717) is 40.1 Å². The molecule has 0 unspecified atom stereocenters. The van der Waals surface area contributed by atoms with Crippen LogP contribution in [-0.2, 0) is 0 Å². The summed E-state index contributed by atoms with van der Waals surface area (Å²) in [6, 6.07) is 7.44. The number of pyridine rings is 1. The minimum absolute atomic E-state index is 0.243. The van der Waals surface area contributed by atoms with Gasteiger partial charge in [0.05, 0.1) is 11.7 Å². The van der Waals surface area contributed by atoms with Gasteiger partial charge >= 0.3 is 6.55 Å². The fourth-order valence-electron chi connectivity index (χ4n) is 3.96. The SMILES string of the molecule is Cc1cc(Nc2cc3cc(-c4c(OC[C@H]5CCN5C)cnn4C(F)F)ccn3n2)nc(C)n1. The van der Waals surface area contributed by atoms with E-state index in [1.807, 2.05) is 33.0 Å². The Morgan fingerprint density at radius 2 is 2.03 bits per heavy atom. The van der Waals surface area contributed by atoms with Crippen LogP contribution in [0, 0.1) is 13.8 Å². The number of nitrogens with zero attached hydrogens (tertiary/aromatic N) is 7. The molecule has 0 aromatic carbocycles. The molecule has 0 spiro atoms. The number of aryl methyl sites for hydroxylation is 2. The Bertz CT molecular complexity index is 1280. The predicted molar refractivity (Wildman–Crippen MR) is 119 cm³/mol. The number of ether oxygens (including phenoxy) is 1. The molecule has 33 heavy (non-hydrogen) atoms. The molecule has 0 aliphatic carbocycles. The Kier molecular flexibility index (Phi) is 5.41. The summed E-state index contributed by atoms with van der Waals surface area (Å²) in [4.78, 5) is 10.8. The quantitative estimate of drug-likeness (QED) is 0.454. The van der Waals surface area contributed by atoms with E-state index in [0.717, 1.165) is 24.2 Å². The number of rotatable bonds is 7. The van der Waals surface area contributed by atoms with Gasteiger partial charge in [-0.25, -0.2) is 14.5 Å². The molecule has 0 bridgehead atoms. The van der Waals surface area contributed by atoms with E-state index in [2.05, 4.69) is 30.4 Å².